The van der Waals surface area contributed by atoms with Crippen LogP contribution in [0.1, 0.15) is 59.3 Å². The lowest BCUT2D eigenvalue weighted by molar-refractivity contribution is -0.461. The van der Waals surface area contributed by atoms with Gasteiger partial charge >= 0.3 is 89.4 Å². The monoisotopic (exact) mass is 1310 g/mol. The smallest absolute Gasteiger partial charge is 0.460 e. The Morgan fingerprint density at radius 2 is 0.940 bits per heavy atom. The van der Waals surface area contributed by atoms with E-state index in [2.05, 4.69) is 4.74 Å². The van der Waals surface area contributed by atoms with Crippen molar-refractivity contribution in [1.82, 2.24) is 16.0 Å². The van der Waals surface area contributed by atoms with Crippen molar-refractivity contribution in [2.45, 2.75) is 192 Å². The number of rotatable bonds is 31. The van der Waals surface area contributed by atoms with E-state index in [1.807, 2.05) is 16.0 Å². The molecule has 0 radical (unpaired) electrons. The molecule has 1 saturated heterocycles. The van der Waals surface area contributed by atoms with Crippen LogP contribution >= 0.6 is 0 Å². The molecule has 494 valence electrons. The third-order valence-corrected chi connectivity index (χ3v) is 11.6. The lowest BCUT2D eigenvalue weighted by Gasteiger charge is -2.44. The van der Waals surface area contributed by atoms with Gasteiger partial charge in [-0.3, -0.25) is 24.0 Å². The molecule has 0 saturated carbocycles. The van der Waals surface area contributed by atoms with Crippen molar-refractivity contribution in [1.29, 1.82) is 0 Å². The second-order valence-corrected chi connectivity index (χ2v) is 17.9. The molecule has 1 aliphatic rings. The van der Waals surface area contributed by atoms with E-state index in [0.29, 0.717) is 6.92 Å². The molecule has 7 N–H and O–H groups in total. The van der Waals surface area contributed by atoms with Gasteiger partial charge in [0.05, 0.1) is 19.8 Å². The van der Waals surface area contributed by atoms with Gasteiger partial charge in [0.15, 0.2) is 6.29 Å². The summed E-state index contributed by atoms with van der Waals surface area (Å²) in [5.41, 5.74) is 5.10. The van der Waals surface area contributed by atoms with E-state index in [1.54, 1.807) is 0 Å². The Bertz CT molecular complexity index is 2290. The Morgan fingerprint density at radius 1 is 0.560 bits per heavy atom. The van der Waals surface area contributed by atoms with E-state index in [4.69, 9.17) is 19.9 Å². The normalized spacial score (nSPS) is 21.1. The minimum atomic E-state index is -8.87. The van der Waals surface area contributed by atoms with E-state index >= 15 is 0 Å². The van der Waals surface area contributed by atoms with E-state index in [-0.39, 0.29) is 0 Å². The molecule has 0 aliphatic carbocycles. The molecule has 0 aromatic carbocycles. The summed E-state index contributed by atoms with van der Waals surface area (Å²) >= 11 is 0. The third kappa shape index (κ3) is 14.7. The van der Waals surface area contributed by atoms with E-state index < -0.39 is 220 Å². The number of nitrogens with one attached hydrogen (secondary N) is 3. The van der Waals surface area contributed by atoms with Crippen molar-refractivity contribution in [2.24, 2.45) is 5.73 Å². The van der Waals surface area contributed by atoms with Crippen molar-refractivity contribution in [3.05, 3.63) is 0 Å². The van der Waals surface area contributed by atoms with Gasteiger partial charge in [0.2, 0.25) is 23.6 Å². The van der Waals surface area contributed by atoms with Crippen molar-refractivity contribution in [3.8, 4) is 0 Å². The molecule has 84 heavy (non-hydrogen) atoms. The molecule has 45 heteroatoms. The van der Waals surface area contributed by atoms with Gasteiger partial charge in [0, 0.05) is 26.2 Å². The van der Waals surface area contributed by atoms with Crippen LogP contribution in [0.15, 0.2) is 0 Å². The minimum absolute atomic E-state index is 0.704. The zero-order chi connectivity index (χ0) is 66.8. The number of esters is 1. The zero-order valence-corrected chi connectivity index (χ0v) is 41.5. The van der Waals surface area contributed by atoms with Gasteiger partial charge in [0.1, 0.15) is 42.5 Å². The van der Waals surface area contributed by atoms with Crippen LogP contribution in [-0.2, 0) is 42.9 Å². The summed E-state index contributed by atoms with van der Waals surface area (Å²) in [7, 11) is 0. The summed E-state index contributed by atoms with van der Waals surface area (Å²) < 4.78 is 425. The van der Waals surface area contributed by atoms with Crippen LogP contribution in [0.25, 0.3) is 0 Å². The largest absolute Gasteiger partial charge is 0.466 e. The molecular formula is C39H42F30N4O11. The number of primary amides is 1. The quantitative estimate of drug-likeness (QED) is 0.0227. The van der Waals surface area contributed by atoms with Crippen molar-refractivity contribution in [3.63, 3.8) is 0 Å². The van der Waals surface area contributed by atoms with Crippen molar-refractivity contribution < 1.29 is 185 Å². The van der Waals surface area contributed by atoms with Crippen LogP contribution in [0.4, 0.5) is 132 Å². The lowest BCUT2D eigenvalue weighted by atomic mass is 9.88. The molecule has 0 bridgehead atoms. The Balaban J connectivity index is 3.07. The molecule has 0 spiro atoms. The van der Waals surface area contributed by atoms with Crippen molar-refractivity contribution >= 4 is 29.6 Å². The van der Waals surface area contributed by atoms with E-state index in [9.17, 15) is 166 Å². The number of hydrogen-bond donors (Lipinski definition) is 6. The number of halogens is 30. The highest BCUT2D eigenvalue weighted by molar-refractivity contribution is 5.92. The van der Waals surface area contributed by atoms with Crippen LogP contribution in [-0.4, -0.2) is 192 Å². The van der Waals surface area contributed by atoms with Gasteiger partial charge in [-0.25, -0.2) is 0 Å². The summed E-state index contributed by atoms with van der Waals surface area (Å²) in [5.74, 6) is -104. The molecule has 8 atom stereocenters. The lowest BCUT2D eigenvalue weighted by Crippen LogP contribution is -2.74. The second kappa shape index (κ2) is 25.8. The maximum Gasteiger partial charge on any atom is 0.460 e. The predicted molar refractivity (Wildman–Crippen MR) is 209 cm³/mol. The summed E-state index contributed by atoms with van der Waals surface area (Å²) in [6.07, 6.45) is -37.8. The molecule has 1 rings (SSSR count). The number of amides is 4. The van der Waals surface area contributed by atoms with E-state index in [0.717, 1.165) is 13.8 Å². The maximum absolute atomic E-state index is 14.4. The number of nitrogens with two attached hydrogens (primary N) is 1. The Kier molecular flexibility index (Phi) is 23.7. The minimum Gasteiger partial charge on any atom is -0.466 e. The molecule has 0 aromatic heterocycles. The fourth-order valence-corrected chi connectivity index (χ4v) is 6.66. The molecule has 1 aliphatic heterocycles. The summed E-state index contributed by atoms with van der Waals surface area (Å²) in [6.45, 7) is -2.17. The van der Waals surface area contributed by atoms with Gasteiger partial charge in [-0.1, -0.05) is 0 Å². The van der Waals surface area contributed by atoms with Gasteiger partial charge in [-0.15, -0.1) is 0 Å². The Labute approximate surface area is 447 Å². The fraction of sp³-hybridized carbons (Fsp3) is 0.872. The maximum atomic E-state index is 14.4. The number of alkyl halides is 30. The Hall–Kier alpha value is -4.95. The first kappa shape index (κ1) is 77.1. The highest BCUT2D eigenvalue weighted by atomic mass is 19.4. The van der Waals surface area contributed by atoms with Gasteiger partial charge in [-0.05, 0) is 33.1 Å². The standard InChI is InChI=1S/C39H42F30N4O11/c1-13(23(79)73-16(22(70)78)6-7-18(76)81-10-4-8-26(40,41)28(44,45)30(48,49)32(52,53)33(54,55)35(58,59)37(62,63)39(67,68)69)71-24(80)14(2)83-21-19(72-15(3)75)25(84-17(12-74)20(21)77)82-11-5-9-27(42,43)29(46,47)31(50,51)34(56,57)36(60,61)38(64,65)66/h13-14,16-17,19-21,25,74,77H,4-12H2,1-3H3,(H2,70,78)(H,71,80)(H,72,75)(H,73,79)/t13-,14+,16+,17+,19+,20+,21+,25-/m0/s1. The number of hydrogen-bond acceptors (Lipinski definition) is 11. The number of ether oxygens (including phenoxy) is 4. The molecule has 15 nitrogen and oxygen atoms in total. The number of carbonyl (C=O) groups is 5. The molecule has 1 fully saturated rings. The van der Waals surface area contributed by atoms with Crippen LogP contribution in [0.5, 0.6) is 0 Å². The molecular weight excluding hydrogens is 1270 g/mol. The second-order valence-electron chi connectivity index (χ2n) is 17.9. The number of aliphatic hydroxyl groups excluding tert-OH is 2. The summed E-state index contributed by atoms with van der Waals surface area (Å²) in [5, 5.41) is 26.3. The first-order valence-electron chi connectivity index (χ1n) is 22.4. The SMILES string of the molecule is CC(=O)N[C@H]1[C@@H](OCCCC(F)(F)C(F)(F)C(F)(F)C(F)(F)C(F)(F)C(F)(F)F)O[C@H](CO)[C@@H](O)[C@@H]1O[C@H](C)C(=O)N[C@@H](C)C(=O)N[C@H](CCC(=O)OCCCC(F)(F)C(F)(F)C(F)(F)C(F)(F)C(F)(F)C(F)(F)C(F)(F)C(F)(F)F)C(N)=O. The van der Waals surface area contributed by atoms with Gasteiger partial charge in [-0.2, -0.15) is 132 Å². The molecule has 1 heterocycles. The first-order valence-corrected chi connectivity index (χ1v) is 22.4. The zero-order valence-electron chi connectivity index (χ0n) is 41.5. The Morgan fingerprint density at radius 3 is 1.31 bits per heavy atom. The molecule has 4 amide bonds. The van der Waals surface area contributed by atoms with Crippen molar-refractivity contribution in [2.75, 3.05) is 19.8 Å². The van der Waals surface area contributed by atoms with Gasteiger partial charge < -0.3 is 50.8 Å². The topological polar surface area (TPSA) is 225 Å². The van der Waals surface area contributed by atoms with Crippen LogP contribution in [0, 0.1) is 0 Å². The number of aliphatic hydroxyl groups is 2. The molecule has 0 aromatic rings. The number of carbonyl (C=O) groups excluding carboxylic acids is 5. The fourth-order valence-electron chi connectivity index (χ4n) is 6.66. The van der Waals surface area contributed by atoms with Crippen LogP contribution in [0.2, 0.25) is 0 Å². The summed E-state index contributed by atoms with van der Waals surface area (Å²) in [4.78, 5) is 62.1. The van der Waals surface area contributed by atoms with Gasteiger partial charge in [0.25, 0.3) is 0 Å². The average molecular weight is 1310 g/mol. The third-order valence-electron chi connectivity index (χ3n) is 11.6. The van der Waals surface area contributed by atoms with Crippen LogP contribution in [0.3, 0.4) is 0 Å². The van der Waals surface area contributed by atoms with Crippen LogP contribution < -0.4 is 21.7 Å². The molecule has 0 unspecified atom stereocenters. The summed E-state index contributed by atoms with van der Waals surface area (Å²) in [6, 6.07) is -5.97. The highest BCUT2D eigenvalue weighted by Crippen LogP contribution is 2.65. The highest BCUT2D eigenvalue weighted by Gasteiger charge is 2.95. The predicted octanol–water partition coefficient (Wildman–Crippen LogP) is 7.47. The average Bonchev–Trinajstić information content (AvgIpc) is 3.32. The first-order chi connectivity index (χ1) is 37.1. The van der Waals surface area contributed by atoms with E-state index in [1.165, 1.54) is 0 Å².